The molecule has 0 spiro atoms. The number of terminal acetylenes is 1. The van der Waals surface area contributed by atoms with Crippen LogP contribution in [0.25, 0.3) is 0 Å². The zero-order chi connectivity index (χ0) is 15.8. The fourth-order valence-corrected chi connectivity index (χ4v) is 3.06. The summed E-state index contributed by atoms with van der Waals surface area (Å²) in [5, 5.41) is 0. The molecule has 1 aliphatic rings. The molecule has 0 radical (unpaired) electrons. The third-order valence-electron chi connectivity index (χ3n) is 3.07. The molecule has 0 bridgehead atoms. The summed E-state index contributed by atoms with van der Waals surface area (Å²) in [7, 11) is 0. The van der Waals surface area contributed by atoms with Gasteiger partial charge in [0.25, 0.3) is 0 Å². The van der Waals surface area contributed by atoms with E-state index in [1.807, 2.05) is 24.3 Å². The first-order chi connectivity index (χ1) is 10.7. The Morgan fingerprint density at radius 3 is 2.73 bits per heavy atom. The molecule has 116 valence electrons. The SMILES string of the molecule is C#CCOCCOc1ccc(CCN2C(=O)CSC2=S)cc1. The van der Waals surface area contributed by atoms with Gasteiger partial charge in [-0.1, -0.05) is 42.0 Å². The number of thioether (sulfide) groups is 1. The molecule has 1 aliphatic heterocycles. The first-order valence-corrected chi connectivity index (χ1v) is 8.30. The van der Waals surface area contributed by atoms with Crippen molar-refractivity contribution in [2.45, 2.75) is 6.42 Å². The first kappa shape index (κ1) is 16.8. The molecule has 0 aliphatic carbocycles. The lowest BCUT2D eigenvalue weighted by atomic mass is 10.1. The highest BCUT2D eigenvalue weighted by Crippen LogP contribution is 2.20. The maximum atomic E-state index is 11.6. The van der Waals surface area contributed by atoms with Gasteiger partial charge in [0.05, 0.1) is 12.4 Å². The van der Waals surface area contributed by atoms with Crippen molar-refractivity contribution < 1.29 is 14.3 Å². The number of hydrogen-bond acceptors (Lipinski definition) is 5. The van der Waals surface area contributed by atoms with E-state index in [0.29, 0.717) is 36.4 Å². The summed E-state index contributed by atoms with van der Waals surface area (Å²) in [6.45, 7) is 1.87. The second kappa shape index (κ2) is 8.79. The Hall–Kier alpha value is -1.55. The van der Waals surface area contributed by atoms with Crippen molar-refractivity contribution >= 4 is 34.2 Å². The van der Waals surface area contributed by atoms with E-state index in [1.165, 1.54) is 11.8 Å². The van der Waals surface area contributed by atoms with E-state index in [4.69, 9.17) is 28.1 Å². The lowest BCUT2D eigenvalue weighted by molar-refractivity contribution is -0.123. The van der Waals surface area contributed by atoms with Crippen LogP contribution in [-0.4, -0.2) is 47.2 Å². The van der Waals surface area contributed by atoms with Crippen LogP contribution in [0.4, 0.5) is 0 Å². The van der Waals surface area contributed by atoms with Crippen molar-refractivity contribution in [3.63, 3.8) is 0 Å². The van der Waals surface area contributed by atoms with E-state index in [2.05, 4.69) is 5.92 Å². The van der Waals surface area contributed by atoms with Gasteiger partial charge in [0, 0.05) is 6.54 Å². The Bertz CT molecular complexity index is 550. The van der Waals surface area contributed by atoms with Gasteiger partial charge >= 0.3 is 0 Å². The smallest absolute Gasteiger partial charge is 0.238 e. The maximum Gasteiger partial charge on any atom is 0.238 e. The topological polar surface area (TPSA) is 38.8 Å². The van der Waals surface area contributed by atoms with Crippen molar-refractivity contribution in [3.8, 4) is 18.1 Å². The van der Waals surface area contributed by atoms with E-state index in [-0.39, 0.29) is 5.91 Å². The second-order valence-corrected chi connectivity index (χ2v) is 6.21. The lowest BCUT2D eigenvalue weighted by Crippen LogP contribution is -2.30. The third-order valence-corrected chi connectivity index (χ3v) is 4.50. The molecule has 0 aromatic heterocycles. The Morgan fingerprint density at radius 1 is 1.32 bits per heavy atom. The van der Waals surface area contributed by atoms with Crippen LogP contribution in [-0.2, 0) is 16.0 Å². The Labute approximate surface area is 140 Å². The van der Waals surface area contributed by atoms with Crippen molar-refractivity contribution in [3.05, 3.63) is 29.8 Å². The van der Waals surface area contributed by atoms with Crippen molar-refractivity contribution in [2.75, 3.05) is 32.1 Å². The van der Waals surface area contributed by atoms with E-state index in [1.54, 1.807) is 4.90 Å². The van der Waals surface area contributed by atoms with E-state index >= 15 is 0 Å². The number of carbonyl (C=O) groups is 1. The van der Waals surface area contributed by atoms with Crippen LogP contribution >= 0.6 is 24.0 Å². The van der Waals surface area contributed by atoms with Gasteiger partial charge < -0.3 is 9.47 Å². The van der Waals surface area contributed by atoms with Crippen LogP contribution in [0.5, 0.6) is 5.75 Å². The summed E-state index contributed by atoms with van der Waals surface area (Å²) in [6, 6.07) is 7.81. The highest BCUT2D eigenvalue weighted by molar-refractivity contribution is 8.23. The first-order valence-electron chi connectivity index (χ1n) is 6.91. The molecule has 4 nitrogen and oxygen atoms in total. The highest BCUT2D eigenvalue weighted by Gasteiger charge is 2.25. The molecule has 0 N–H and O–H groups in total. The average Bonchev–Trinajstić information content (AvgIpc) is 2.85. The van der Waals surface area contributed by atoms with Gasteiger partial charge in [-0.05, 0) is 24.1 Å². The Balaban J connectivity index is 1.73. The van der Waals surface area contributed by atoms with Gasteiger partial charge in [-0.2, -0.15) is 0 Å². The molecule has 1 saturated heterocycles. The van der Waals surface area contributed by atoms with Crippen molar-refractivity contribution in [1.29, 1.82) is 0 Å². The molecule has 0 unspecified atom stereocenters. The minimum atomic E-state index is 0.0990. The van der Waals surface area contributed by atoms with Gasteiger partial charge in [0.2, 0.25) is 5.91 Å². The predicted molar refractivity (Wildman–Crippen MR) is 92.1 cm³/mol. The monoisotopic (exact) mass is 335 g/mol. The third kappa shape index (κ3) is 5.02. The molecule has 0 atom stereocenters. The van der Waals surface area contributed by atoms with Crippen LogP contribution in [0.15, 0.2) is 24.3 Å². The standard InChI is InChI=1S/C16H17NO3S2/c1-2-9-19-10-11-20-14-5-3-13(4-6-14)7-8-17-15(18)12-22-16(17)21/h1,3-6H,7-12H2. The van der Waals surface area contributed by atoms with Gasteiger partial charge in [0.15, 0.2) is 0 Å². The summed E-state index contributed by atoms with van der Waals surface area (Å²) in [5.74, 6) is 3.75. The number of amides is 1. The number of benzene rings is 1. The minimum absolute atomic E-state index is 0.0990. The maximum absolute atomic E-state index is 11.6. The molecule has 1 fully saturated rings. The van der Waals surface area contributed by atoms with Crippen LogP contribution in [0.3, 0.4) is 0 Å². The molecular weight excluding hydrogens is 318 g/mol. The number of nitrogens with zero attached hydrogens (tertiary/aromatic N) is 1. The van der Waals surface area contributed by atoms with E-state index in [9.17, 15) is 4.79 Å². The number of hydrogen-bond donors (Lipinski definition) is 0. The second-order valence-electron chi connectivity index (χ2n) is 4.60. The molecule has 0 saturated carbocycles. The van der Waals surface area contributed by atoms with Crippen LogP contribution in [0, 0.1) is 12.3 Å². The molecule has 22 heavy (non-hydrogen) atoms. The molecule has 1 heterocycles. The average molecular weight is 335 g/mol. The molecule has 2 rings (SSSR count). The van der Waals surface area contributed by atoms with Crippen molar-refractivity contribution in [1.82, 2.24) is 4.90 Å². The molecule has 1 amide bonds. The van der Waals surface area contributed by atoms with E-state index in [0.717, 1.165) is 17.7 Å². The number of rotatable bonds is 8. The molecule has 6 heteroatoms. The lowest BCUT2D eigenvalue weighted by Gasteiger charge is -2.14. The summed E-state index contributed by atoms with van der Waals surface area (Å²) in [6.07, 6.45) is 5.86. The largest absolute Gasteiger partial charge is 0.491 e. The Morgan fingerprint density at radius 2 is 2.09 bits per heavy atom. The molecular formula is C16H17NO3S2. The zero-order valence-electron chi connectivity index (χ0n) is 12.1. The number of ether oxygens (including phenoxy) is 2. The summed E-state index contributed by atoms with van der Waals surface area (Å²) in [4.78, 5) is 13.3. The van der Waals surface area contributed by atoms with Gasteiger partial charge in [-0.25, -0.2) is 0 Å². The highest BCUT2D eigenvalue weighted by atomic mass is 32.2. The molecule has 1 aromatic carbocycles. The van der Waals surface area contributed by atoms with Crippen molar-refractivity contribution in [2.24, 2.45) is 0 Å². The Kier molecular flexibility index (Phi) is 6.72. The quantitative estimate of drug-likeness (QED) is 0.413. The molecule has 1 aromatic rings. The van der Waals surface area contributed by atoms with E-state index < -0.39 is 0 Å². The fraction of sp³-hybridized carbons (Fsp3) is 0.375. The van der Waals surface area contributed by atoms with Gasteiger partial charge in [-0.15, -0.1) is 6.42 Å². The predicted octanol–water partition coefficient (Wildman–Crippen LogP) is 2.12. The van der Waals surface area contributed by atoms with Gasteiger partial charge in [-0.3, -0.25) is 9.69 Å². The van der Waals surface area contributed by atoms with Gasteiger partial charge in [0.1, 0.15) is 23.3 Å². The van der Waals surface area contributed by atoms with Crippen LogP contribution < -0.4 is 4.74 Å². The minimum Gasteiger partial charge on any atom is -0.491 e. The number of carbonyl (C=O) groups excluding carboxylic acids is 1. The van der Waals surface area contributed by atoms with Crippen LogP contribution in [0.2, 0.25) is 0 Å². The fourth-order valence-electron chi connectivity index (χ4n) is 1.94. The normalized spacial score (nSPS) is 14.2. The summed E-state index contributed by atoms with van der Waals surface area (Å²) < 4.78 is 11.3. The summed E-state index contributed by atoms with van der Waals surface area (Å²) >= 11 is 6.58. The zero-order valence-corrected chi connectivity index (χ0v) is 13.8. The van der Waals surface area contributed by atoms with Crippen LogP contribution in [0.1, 0.15) is 5.56 Å². The number of thiocarbonyl (C=S) groups is 1. The summed E-state index contributed by atoms with van der Waals surface area (Å²) in [5.41, 5.74) is 1.14.